The first-order chi connectivity index (χ1) is 13.2. The Balaban J connectivity index is 1.69. The Kier molecular flexibility index (Phi) is 4.75. The fourth-order valence-electron chi connectivity index (χ4n) is 3.76. The normalized spacial score (nSPS) is 16.0. The standard InChI is InChI=1S/C22H23N3O2/c1-14-7-8-19-17(11-14)21(16-5-3-4-6-18(16)25-19)22(26)24-13-15-9-10-23-20(12-15)27-2/h3-6,9-10,12,14H,7-8,11,13H2,1-2H3,(H,24,26)/t14-/m1/s1. The van der Waals surface area contributed by atoms with Crippen molar-refractivity contribution in [2.75, 3.05) is 7.11 Å². The number of rotatable bonds is 4. The first kappa shape index (κ1) is 17.5. The zero-order valence-electron chi connectivity index (χ0n) is 15.7. The largest absolute Gasteiger partial charge is 0.481 e. The van der Waals surface area contributed by atoms with Gasteiger partial charge >= 0.3 is 0 Å². The molecule has 0 saturated carbocycles. The van der Waals surface area contributed by atoms with E-state index in [0.717, 1.165) is 52.5 Å². The minimum absolute atomic E-state index is 0.0465. The summed E-state index contributed by atoms with van der Waals surface area (Å²) < 4.78 is 5.16. The van der Waals surface area contributed by atoms with Crippen LogP contribution in [0, 0.1) is 5.92 Å². The molecule has 27 heavy (non-hydrogen) atoms. The number of hydrogen-bond acceptors (Lipinski definition) is 4. The summed E-state index contributed by atoms with van der Waals surface area (Å²) >= 11 is 0. The monoisotopic (exact) mass is 361 g/mol. The molecule has 1 amide bonds. The van der Waals surface area contributed by atoms with Gasteiger partial charge in [-0.3, -0.25) is 9.78 Å². The van der Waals surface area contributed by atoms with E-state index < -0.39 is 0 Å². The van der Waals surface area contributed by atoms with Crippen LogP contribution in [-0.2, 0) is 19.4 Å². The zero-order valence-corrected chi connectivity index (χ0v) is 15.7. The van der Waals surface area contributed by atoms with E-state index in [9.17, 15) is 4.79 Å². The predicted molar refractivity (Wildman–Crippen MR) is 105 cm³/mol. The van der Waals surface area contributed by atoms with Gasteiger partial charge in [0.2, 0.25) is 5.88 Å². The highest BCUT2D eigenvalue weighted by molar-refractivity contribution is 6.07. The molecule has 1 aliphatic rings. The van der Waals surface area contributed by atoms with E-state index in [4.69, 9.17) is 9.72 Å². The third kappa shape index (κ3) is 3.50. The lowest BCUT2D eigenvalue weighted by Crippen LogP contribution is -2.27. The number of fused-ring (bicyclic) bond motifs is 2. The number of amides is 1. The highest BCUT2D eigenvalue weighted by Gasteiger charge is 2.25. The summed E-state index contributed by atoms with van der Waals surface area (Å²) in [6.45, 7) is 2.67. The van der Waals surface area contributed by atoms with Crippen molar-refractivity contribution in [1.82, 2.24) is 15.3 Å². The molecule has 0 unspecified atom stereocenters. The van der Waals surface area contributed by atoms with E-state index in [2.05, 4.69) is 17.2 Å². The van der Waals surface area contributed by atoms with Crippen LogP contribution in [0.5, 0.6) is 5.88 Å². The number of pyridine rings is 2. The van der Waals surface area contributed by atoms with Crippen LogP contribution in [-0.4, -0.2) is 23.0 Å². The molecule has 4 rings (SSSR count). The van der Waals surface area contributed by atoms with Gasteiger partial charge in [0.1, 0.15) is 0 Å². The van der Waals surface area contributed by atoms with Crippen LogP contribution in [0.2, 0.25) is 0 Å². The van der Waals surface area contributed by atoms with E-state index in [0.29, 0.717) is 18.3 Å². The number of methoxy groups -OCH3 is 1. The van der Waals surface area contributed by atoms with Crippen LogP contribution in [0.3, 0.4) is 0 Å². The molecule has 1 N–H and O–H groups in total. The summed E-state index contributed by atoms with van der Waals surface area (Å²) in [5.74, 6) is 1.06. The highest BCUT2D eigenvalue weighted by atomic mass is 16.5. The minimum Gasteiger partial charge on any atom is -0.481 e. The predicted octanol–water partition coefficient (Wildman–Crippen LogP) is 3.69. The second-order valence-electron chi connectivity index (χ2n) is 7.17. The molecule has 0 fully saturated rings. The van der Waals surface area contributed by atoms with E-state index >= 15 is 0 Å². The van der Waals surface area contributed by atoms with Crippen molar-refractivity contribution in [2.24, 2.45) is 5.92 Å². The summed E-state index contributed by atoms with van der Waals surface area (Å²) in [5.41, 5.74) is 4.81. The van der Waals surface area contributed by atoms with Crippen molar-refractivity contribution in [3.8, 4) is 5.88 Å². The Bertz CT molecular complexity index is 1000. The molecule has 1 atom stereocenters. The van der Waals surface area contributed by atoms with E-state index in [1.165, 1.54) is 0 Å². The van der Waals surface area contributed by atoms with E-state index in [-0.39, 0.29) is 5.91 Å². The minimum atomic E-state index is -0.0465. The summed E-state index contributed by atoms with van der Waals surface area (Å²) in [4.78, 5) is 22.1. The molecular weight excluding hydrogens is 338 g/mol. The van der Waals surface area contributed by atoms with Crippen LogP contribution >= 0.6 is 0 Å². The molecule has 5 nitrogen and oxygen atoms in total. The average molecular weight is 361 g/mol. The molecule has 0 spiro atoms. The van der Waals surface area contributed by atoms with Gasteiger partial charge in [-0.2, -0.15) is 0 Å². The molecule has 2 heterocycles. The lowest BCUT2D eigenvalue weighted by atomic mass is 9.84. The van der Waals surface area contributed by atoms with Crippen molar-refractivity contribution < 1.29 is 9.53 Å². The molecule has 0 radical (unpaired) electrons. The number of nitrogens with one attached hydrogen (secondary N) is 1. The van der Waals surface area contributed by atoms with Crippen LogP contribution < -0.4 is 10.1 Å². The van der Waals surface area contributed by atoms with Crippen LogP contribution in [0.1, 0.15) is 40.5 Å². The van der Waals surface area contributed by atoms with Crippen LogP contribution in [0.4, 0.5) is 0 Å². The Morgan fingerprint density at radius 2 is 2.15 bits per heavy atom. The number of para-hydroxylation sites is 1. The third-order valence-corrected chi connectivity index (χ3v) is 5.19. The van der Waals surface area contributed by atoms with Gasteiger partial charge in [-0.25, -0.2) is 4.98 Å². The van der Waals surface area contributed by atoms with Gasteiger partial charge in [-0.05, 0) is 48.4 Å². The fraction of sp³-hybridized carbons (Fsp3) is 0.318. The fourth-order valence-corrected chi connectivity index (χ4v) is 3.76. The maximum atomic E-state index is 13.2. The maximum Gasteiger partial charge on any atom is 0.252 e. The molecule has 0 bridgehead atoms. The van der Waals surface area contributed by atoms with Crippen molar-refractivity contribution >= 4 is 16.8 Å². The summed E-state index contributed by atoms with van der Waals surface area (Å²) in [6.07, 6.45) is 4.64. The summed E-state index contributed by atoms with van der Waals surface area (Å²) in [6, 6.07) is 11.6. The third-order valence-electron chi connectivity index (χ3n) is 5.19. The van der Waals surface area contributed by atoms with E-state index in [1.807, 2.05) is 36.4 Å². The summed E-state index contributed by atoms with van der Waals surface area (Å²) in [7, 11) is 1.58. The SMILES string of the molecule is COc1cc(CNC(=O)c2c3c(nc4ccccc24)CC[C@@H](C)C3)ccn1. The lowest BCUT2D eigenvalue weighted by molar-refractivity contribution is 0.0951. The van der Waals surface area contributed by atoms with Crippen molar-refractivity contribution in [1.29, 1.82) is 0 Å². The molecule has 138 valence electrons. The van der Waals surface area contributed by atoms with Gasteiger partial charge in [0.15, 0.2) is 0 Å². The highest BCUT2D eigenvalue weighted by Crippen LogP contribution is 2.31. The average Bonchev–Trinajstić information content (AvgIpc) is 2.70. The topological polar surface area (TPSA) is 64.1 Å². The maximum absolute atomic E-state index is 13.2. The first-order valence-corrected chi connectivity index (χ1v) is 9.33. The van der Waals surface area contributed by atoms with Gasteiger partial charge in [-0.1, -0.05) is 25.1 Å². The van der Waals surface area contributed by atoms with Gasteiger partial charge in [0.05, 0.1) is 18.2 Å². The van der Waals surface area contributed by atoms with Gasteiger partial charge in [0.25, 0.3) is 5.91 Å². The Hall–Kier alpha value is -2.95. The van der Waals surface area contributed by atoms with Crippen molar-refractivity contribution in [3.05, 3.63) is 65.0 Å². The number of carbonyl (C=O) groups is 1. The number of benzene rings is 1. The molecular formula is C22H23N3O2. The van der Waals surface area contributed by atoms with Crippen molar-refractivity contribution in [2.45, 2.75) is 32.7 Å². The molecule has 0 saturated heterocycles. The number of nitrogens with zero attached hydrogens (tertiary/aromatic N) is 2. The number of carbonyl (C=O) groups excluding carboxylic acids is 1. The molecule has 3 aromatic rings. The van der Waals surface area contributed by atoms with Crippen LogP contribution in [0.15, 0.2) is 42.6 Å². The van der Waals surface area contributed by atoms with Gasteiger partial charge < -0.3 is 10.1 Å². The zero-order chi connectivity index (χ0) is 18.8. The number of hydrogen-bond donors (Lipinski definition) is 1. The Morgan fingerprint density at radius 1 is 1.30 bits per heavy atom. The lowest BCUT2D eigenvalue weighted by Gasteiger charge is -2.24. The van der Waals surface area contributed by atoms with E-state index in [1.54, 1.807) is 13.3 Å². The summed E-state index contributed by atoms with van der Waals surface area (Å²) in [5, 5.41) is 4.00. The molecule has 0 aliphatic heterocycles. The van der Waals surface area contributed by atoms with Gasteiger partial charge in [-0.15, -0.1) is 0 Å². The molecule has 1 aromatic carbocycles. The van der Waals surface area contributed by atoms with Gasteiger partial charge in [0, 0.05) is 29.9 Å². The van der Waals surface area contributed by atoms with Crippen molar-refractivity contribution in [3.63, 3.8) is 0 Å². The molecule has 1 aliphatic carbocycles. The first-order valence-electron chi connectivity index (χ1n) is 9.33. The Morgan fingerprint density at radius 3 is 3.00 bits per heavy atom. The number of aryl methyl sites for hydroxylation is 1. The van der Waals surface area contributed by atoms with Crippen LogP contribution in [0.25, 0.3) is 10.9 Å². The smallest absolute Gasteiger partial charge is 0.252 e. The Labute approximate surface area is 158 Å². The molecule has 2 aromatic heterocycles. The second kappa shape index (κ2) is 7.35. The number of aromatic nitrogens is 2. The molecule has 5 heteroatoms. The quantitative estimate of drug-likeness (QED) is 0.770. The second-order valence-corrected chi connectivity index (χ2v) is 7.17. The number of ether oxygens (including phenoxy) is 1.